The van der Waals surface area contributed by atoms with Crippen LogP contribution in [-0.2, 0) is 0 Å². The van der Waals surface area contributed by atoms with E-state index in [4.69, 9.17) is 15.8 Å². The molecule has 1 aromatic rings. The highest BCUT2D eigenvalue weighted by Crippen LogP contribution is 2.07. The van der Waals surface area contributed by atoms with Crippen LogP contribution in [0.1, 0.15) is 0 Å². The molecular weight excluding hydrogens is 211 g/mol. The molecule has 0 fully saturated rings. The maximum Gasteiger partial charge on any atom is 0.492 e. The fourth-order valence-corrected chi connectivity index (χ4v) is 1.02. The van der Waals surface area contributed by atoms with Crippen LogP contribution in [0.3, 0.4) is 0 Å². The Morgan fingerprint density at radius 2 is 2.18 bits per heavy atom. The highest BCUT2D eigenvalue weighted by molar-refractivity contribution is 9.10. The van der Waals surface area contributed by atoms with Crippen LogP contribution in [-0.4, -0.2) is 22.2 Å². The van der Waals surface area contributed by atoms with Gasteiger partial charge in [-0.15, -0.1) is 0 Å². The van der Waals surface area contributed by atoms with Crippen molar-refractivity contribution in [1.29, 1.82) is 0 Å². The van der Waals surface area contributed by atoms with Gasteiger partial charge in [-0.3, -0.25) is 0 Å². The zero-order valence-electron chi connectivity index (χ0n) is 5.53. The third-order valence-corrected chi connectivity index (χ3v) is 1.65. The molecule has 4 nitrogen and oxygen atoms in total. The van der Waals surface area contributed by atoms with Crippen molar-refractivity contribution in [1.82, 2.24) is 4.98 Å². The van der Waals surface area contributed by atoms with Gasteiger partial charge in [0.25, 0.3) is 0 Å². The van der Waals surface area contributed by atoms with Gasteiger partial charge in [0.15, 0.2) is 0 Å². The number of nitrogens with zero attached hydrogens (tertiary/aromatic N) is 1. The number of pyridine rings is 1. The van der Waals surface area contributed by atoms with Gasteiger partial charge in [0.05, 0.1) is 0 Å². The highest BCUT2D eigenvalue weighted by Gasteiger charge is 2.14. The van der Waals surface area contributed by atoms with Gasteiger partial charge in [0.1, 0.15) is 4.60 Å². The second-order valence-electron chi connectivity index (χ2n) is 2.01. The van der Waals surface area contributed by atoms with Crippen molar-refractivity contribution in [2.75, 3.05) is 5.73 Å². The molecule has 0 spiro atoms. The lowest BCUT2D eigenvalue weighted by Gasteiger charge is -2.02. The van der Waals surface area contributed by atoms with Crippen molar-refractivity contribution in [2.45, 2.75) is 0 Å². The van der Waals surface area contributed by atoms with E-state index in [1.807, 2.05) is 0 Å². The SMILES string of the molecule is Nc1cc(Br)ncc1B(O)O. The summed E-state index contributed by atoms with van der Waals surface area (Å²) in [4.78, 5) is 3.78. The van der Waals surface area contributed by atoms with Gasteiger partial charge in [0.2, 0.25) is 0 Å². The first-order valence-corrected chi connectivity index (χ1v) is 3.67. The molecule has 58 valence electrons. The van der Waals surface area contributed by atoms with Crippen LogP contribution in [0.15, 0.2) is 16.9 Å². The summed E-state index contributed by atoms with van der Waals surface area (Å²) in [7, 11) is -1.56. The Bertz CT molecular complexity index is 269. The van der Waals surface area contributed by atoms with Gasteiger partial charge < -0.3 is 15.8 Å². The van der Waals surface area contributed by atoms with Crippen LogP contribution in [0.5, 0.6) is 0 Å². The maximum absolute atomic E-state index is 8.72. The predicted molar refractivity (Wildman–Crippen MR) is 46.2 cm³/mol. The zero-order valence-corrected chi connectivity index (χ0v) is 7.12. The van der Waals surface area contributed by atoms with Crippen LogP contribution < -0.4 is 11.2 Å². The van der Waals surface area contributed by atoms with Crippen molar-refractivity contribution < 1.29 is 10.0 Å². The Morgan fingerprint density at radius 3 is 2.64 bits per heavy atom. The van der Waals surface area contributed by atoms with Gasteiger partial charge in [0, 0.05) is 17.3 Å². The van der Waals surface area contributed by atoms with Gasteiger partial charge in [-0.1, -0.05) is 0 Å². The number of hydrogen-bond acceptors (Lipinski definition) is 4. The fourth-order valence-electron chi connectivity index (χ4n) is 0.670. The average molecular weight is 217 g/mol. The van der Waals surface area contributed by atoms with Crippen LogP contribution in [0.25, 0.3) is 0 Å². The number of aromatic nitrogens is 1. The fraction of sp³-hybridized carbons (Fsp3) is 0. The molecular formula is C5H6BBrN2O2. The van der Waals surface area contributed by atoms with Crippen LogP contribution >= 0.6 is 15.9 Å². The number of halogens is 1. The van der Waals surface area contributed by atoms with E-state index in [1.165, 1.54) is 12.3 Å². The van der Waals surface area contributed by atoms with E-state index in [9.17, 15) is 0 Å². The monoisotopic (exact) mass is 216 g/mol. The van der Waals surface area contributed by atoms with E-state index in [0.29, 0.717) is 10.3 Å². The minimum Gasteiger partial charge on any atom is -0.423 e. The van der Waals surface area contributed by atoms with Gasteiger partial charge in [-0.2, -0.15) is 0 Å². The quantitative estimate of drug-likeness (QED) is 0.420. The molecule has 0 unspecified atom stereocenters. The molecule has 0 amide bonds. The molecule has 0 aromatic carbocycles. The third kappa shape index (κ3) is 1.92. The van der Waals surface area contributed by atoms with Crippen LogP contribution in [0.4, 0.5) is 5.69 Å². The number of rotatable bonds is 1. The Balaban J connectivity index is 3.09. The summed E-state index contributed by atoms with van der Waals surface area (Å²) in [6.07, 6.45) is 1.31. The predicted octanol–water partition coefficient (Wildman–Crippen LogP) is -0.894. The summed E-state index contributed by atoms with van der Waals surface area (Å²) in [6.45, 7) is 0. The summed E-state index contributed by atoms with van der Waals surface area (Å²) in [5.74, 6) is 0. The van der Waals surface area contributed by atoms with Crippen molar-refractivity contribution in [3.05, 3.63) is 16.9 Å². The first-order valence-electron chi connectivity index (χ1n) is 2.88. The molecule has 0 aliphatic heterocycles. The molecule has 0 saturated carbocycles. The molecule has 0 bridgehead atoms. The molecule has 11 heavy (non-hydrogen) atoms. The maximum atomic E-state index is 8.72. The minimum absolute atomic E-state index is 0.216. The summed E-state index contributed by atoms with van der Waals surface area (Å²) in [5.41, 5.74) is 5.96. The Hall–Kier alpha value is -0.585. The molecule has 1 aromatic heterocycles. The second kappa shape index (κ2) is 3.21. The molecule has 1 heterocycles. The lowest BCUT2D eigenvalue weighted by Crippen LogP contribution is -2.32. The molecule has 6 heteroatoms. The number of hydrogen-bond donors (Lipinski definition) is 3. The van der Waals surface area contributed by atoms with E-state index < -0.39 is 7.12 Å². The topological polar surface area (TPSA) is 79.4 Å². The largest absolute Gasteiger partial charge is 0.492 e. The molecule has 0 aliphatic rings. The molecule has 4 N–H and O–H groups in total. The molecule has 0 saturated heterocycles. The van der Waals surface area contributed by atoms with Gasteiger partial charge in [-0.25, -0.2) is 4.98 Å². The second-order valence-corrected chi connectivity index (χ2v) is 2.82. The minimum atomic E-state index is -1.56. The Morgan fingerprint density at radius 1 is 1.55 bits per heavy atom. The van der Waals surface area contributed by atoms with Crippen molar-refractivity contribution >= 4 is 34.2 Å². The molecule has 0 radical (unpaired) electrons. The first kappa shape index (κ1) is 8.51. The van der Waals surface area contributed by atoms with E-state index >= 15 is 0 Å². The Labute approximate surface area is 72.3 Å². The lowest BCUT2D eigenvalue weighted by molar-refractivity contribution is 0.426. The molecule has 1 rings (SSSR count). The van der Waals surface area contributed by atoms with E-state index in [1.54, 1.807) is 0 Å². The van der Waals surface area contributed by atoms with E-state index in [0.717, 1.165) is 0 Å². The summed E-state index contributed by atoms with van der Waals surface area (Å²) in [6, 6.07) is 1.51. The lowest BCUT2D eigenvalue weighted by atomic mass is 9.80. The zero-order chi connectivity index (χ0) is 8.43. The first-order chi connectivity index (χ1) is 5.11. The van der Waals surface area contributed by atoms with Crippen molar-refractivity contribution in [2.24, 2.45) is 0 Å². The molecule has 0 aliphatic carbocycles. The van der Waals surface area contributed by atoms with Gasteiger partial charge >= 0.3 is 7.12 Å². The standard InChI is InChI=1S/C5H6BBrN2O2/c7-5-1-4(8)3(2-9-5)6(10)11/h1-2,10-11H,(H2,8,9). The number of nitrogen functional groups attached to an aromatic ring is 1. The molecule has 0 atom stereocenters. The third-order valence-electron chi connectivity index (χ3n) is 1.21. The van der Waals surface area contributed by atoms with Crippen molar-refractivity contribution in [3.63, 3.8) is 0 Å². The van der Waals surface area contributed by atoms with Crippen molar-refractivity contribution in [3.8, 4) is 0 Å². The smallest absolute Gasteiger partial charge is 0.423 e. The Kier molecular flexibility index (Phi) is 2.48. The summed E-state index contributed by atoms with van der Waals surface area (Å²) >= 11 is 3.09. The number of anilines is 1. The highest BCUT2D eigenvalue weighted by atomic mass is 79.9. The summed E-state index contributed by atoms with van der Waals surface area (Å²) in [5, 5.41) is 17.4. The van der Waals surface area contributed by atoms with Crippen LogP contribution in [0.2, 0.25) is 0 Å². The summed E-state index contributed by atoms with van der Waals surface area (Å²) < 4.78 is 0.569. The van der Waals surface area contributed by atoms with Gasteiger partial charge in [-0.05, 0) is 22.0 Å². The van der Waals surface area contributed by atoms with E-state index in [-0.39, 0.29) is 5.46 Å². The van der Waals surface area contributed by atoms with Crippen LogP contribution in [0, 0.1) is 0 Å². The number of nitrogens with two attached hydrogens (primary N) is 1. The average Bonchev–Trinajstić information content (AvgIpc) is 1.85. The normalized spacial score (nSPS) is 9.73. The van der Waals surface area contributed by atoms with E-state index in [2.05, 4.69) is 20.9 Å².